The van der Waals surface area contributed by atoms with Crippen LogP contribution in [0.3, 0.4) is 0 Å². The summed E-state index contributed by atoms with van der Waals surface area (Å²) < 4.78 is 12.4. The Hall–Kier alpha value is -0.580. The summed E-state index contributed by atoms with van der Waals surface area (Å²) in [7, 11) is 1.70. The van der Waals surface area contributed by atoms with Crippen molar-refractivity contribution in [2.75, 3.05) is 13.7 Å². The zero-order chi connectivity index (χ0) is 12.5. The lowest BCUT2D eigenvalue weighted by Gasteiger charge is -2.40. The maximum absolute atomic E-state index is 6.23. The third kappa shape index (κ3) is 2.49. The van der Waals surface area contributed by atoms with Crippen LogP contribution in [0.2, 0.25) is 0 Å². The lowest BCUT2D eigenvalue weighted by Crippen LogP contribution is -2.46. The van der Waals surface area contributed by atoms with Crippen molar-refractivity contribution in [3.05, 3.63) is 28.2 Å². The van der Waals surface area contributed by atoms with Gasteiger partial charge in [-0.25, -0.2) is 0 Å². The third-order valence-electron chi connectivity index (χ3n) is 3.35. The molecule has 1 aromatic carbocycles. The number of methoxy groups -OCH3 is 1. The number of ether oxygens (including phenoxy) is 2. The van der Waals surface area contributed by atoms with E-state index < -0.39 is 0 Å². The fourth-order valence-electron chi connectivity index (χ4n) is 2.36. The van der Waals surface area contributed by atoms with Gasteiger partial charge in [-0.15, -0.1) is 0 Å². The molecule has 1 aromatic rings. The molecule has 0 bridgehead atoms. The quantitative estimate of drug-likeness (QED) is 0.933. The third-order valence-corrected chi connectivity index (χ3v) is 3.84. The Bertz CT molecular complexity index is 410. The predicted molar refractivity (Wildman–Crippen MR) is 71.2 cm³/mol. The Morgan fingerprint density at radius 3 is 3.00 bits per heavy atom. The molecule has 2 N–H and O–H groups in total. The molecule has 3 nitrogen and oxygen atoms in total. The van der Waals surface area contributed by atoms with Crippen LogP contribution in [0, 0.1) is 0 Å². The number of benzene rings is 1. The van der Waals surface area contributed by atoms with Crippen molar-refractivity contribution < 1.29 is 9.47 Å². The molecule has 0 radical (unpaired) electrons. The molecule has 1 heterocycles. The highest BCUT2D eigenvalue weighted by Gasteiger charge is 2.38. The highest BCUT2D eigenvalue weighted by molar-refractivity contribution is 9.10. The van der Waals surface area contributed by atoms with Gasteiger partial charge in [-0.2, -0.15) is 0 Å². The standard InChI is InChI=1S/C13H18BrNO2/c1-3-13(8-16-2)7-11(15)10-5-4-9(14)6-12(10)17-13/h4-6,11H,3,7-8,15H2,1-2H3. The van der Waals surface area contributed by atoms with Gasteiger partial charge in [-0.05, 0) is 18.6 Å². The van der Waals surface area contributed by atoms with Crippen molar-refractivity contribution in [1.82, 2.24) is 0 Å². The van der Waals surface area contributed by atoms with Crippen LogP contribution in [-0.2, 0) is 4.74 Å². The van der Waals surface area contributed by atoms with Gasteiger partial charge < -0.3 is 15.2 Å². The molecule has 0 saturated carbocycles. The van der Waals surface area contributed by atoms with Crippen LogP contribution in [0.25, 0.3) is 0 Å². The minimum absolute atomic E-state index is 0.0157. The summed E-state index contributed by atoms with van der Waals surface area (Å²) >= 11 is 3.46. The molecule has 0 amide bonds. The van der Waals surface area contributed by atoms with Crippen LogP contribution < -0.4 is 10.5 Å². The van der Waals surface area contributed by atoms with Gasteiger partial charge in [0.25, 0.3) is 0 Å². The average molecular weight is 300 g/mol. The van der Waals surface area contributed by atoms with Crippen molar-refractivity contribution in [2.45, 2.75) is 31.4 Å². The molecule has 94 valence electrons. The first-order valence-electron chi connectivity index (χ1n) is 5.83. The fourth-order valence-corrected chi connectivity index (χ4v) is 2.70. The van der Waals surface area contributed by atoms with E-state index >= 15 is 0 Å². The number of nitrogens with two attached hydrogens (primary N) is 1. The van der Waals surface area contributed by atoms with Gasteiger partial charge in [0.1, 0.15) is 11.4 Å². The largest absolute Gasteiger partial charge is 0.484 e. The minimum atomic E-state index is -0.290. The average Bonchev–Trinajstić information content (AvgIpc) is 2.28. The van der Waals surface area contributed by atoms with Gasteiger partial charge in [-0.3, -0.25) is 0 Å². The summed E-state index contributed by atoms with van der Waals surface area (Å²) in [5.74, 6) is 0.872. The maximum Gasteiger partial charge on any atom is 0.134 e. The highest BCUT2D eigenvalue weighted by Crippen LogP contribution is 2.41. The molecule has 0 saturated heterocycles. The summed E-state index contributed by atoms with van der Waals surface area (Å²) in [5, 5.41) is 0. The molecule has 4 heteroatoms. The smallest absolute Gasteiger partial charge is 0.134 e. The predicted octanol–water partition coefficient (Wildman–Crippen LogP) is 3.03. The van der Waals surface area contributed by atoms with E-state index in [2.05, 4.69) is 22.9 Å². The summed E-state index contributed by atoms with van der Waals surface area (Å²) in [6.07, 6.45) is 1.69. The van der Waals surface area contributed by atoms with Gasteiger partial charge in [0.2, 0.25) is 0 Å². The van der Waals surface area contributed by atoms with Gasteiger partial charge >= 0.3 is 0 Å². The number of fused-ring (bicyclic) bond motifs is 1. The molecular formula is C13H18BrNO2. The fraction of sp³-hybridized carbons (Fsp3) is 0.538. The van der Waals surface area contributed by atoms with Gasteiger partial charge in [0.15, 0.2) is 0 Å². The van der Waals surface area contributed by atoms with Crippen molar-refractivity contribution in [2.24, 2.45) is 5.73 Å². The Morgan fingerprint density at radius 1 is 1.59 bits per heavy atom. The van der Waals surface area contributed by atoms with E-state index in [0.29, 0.717) is 6.61 Å². The van der Waals surface area contributed by atoms with E-state index in [1.807, 2.05) is 18.2 Å². The summed E-state index contributed by atoms with van der Waals surface area (Å²) in [5.41, 5.74) is 7.01. The van der Waals surface area contributed by atoms with Crippen LogP contribution in [-0.4, -0.2) is 19.3 Å². The molecule has 1 aliphatic heterocycles. The molecule has 0 spiro atoms. The van der Waals surface area contributed by atoms with E-state index in [1.54, 1.807) is 7.11 Å². The van der Waals surface area contributed by atoms with Gasteiger partial charge in [0, 0.05) is 29.6 Å². The van der Waals surface area contributed by atoms with Crippen LogP contribution in [0.4, 0.5) is 0 Å². The number of halogens is 1. The SMILES string of the molecule is CCC1(COC)CC(N)c2ccc(Br)cc2O1. The van der Waals surface area contributed by atoms with Crippen molar-refractivity contribution in [1.29, 1.82) is 0 Å². The van der Waals surface area contributed by atoms with E-state index in [1.165, 1.54) is 0 Å². The van der Waals surface area contributed by atoms with Gasteiger partial charge in [-0.1, -0.05) is 28.9 Å². The van der Waals surface area contributed by atoms with Crippen molar-refractivity contribution >= 4 is 15.9 Å². The molecule has 1 aliphatic rings. The molecule has 17 heavy (non-hydrogen) atoms. The minimum Gasteiger partial charge on any atom is -0.484 e. The molecular weight excluding hydrogens is 282 g/mol. The number of hydrogen-bond acceptors (Lipinski definition) is 3. The maximum atomic E-state index is 6.23. The molecule has 2 unspecified atom stereocenters. The lowest BCUT2D eigenvalue weighted by atomic mass is 9.86. The van der Waals surface area contributed by atoms with E-state index in [-0.39, 0.29) is 11.6 Å². The summed E-state index contributed by atoms with van der Waals surface area (Å²) in [4.78, 5) is 0. The first kappa shape index (κ1) is 12.9. The molecule has 0 aliphatic carbocycles. The van der Waals surface area contributed by atoms with Crippen LogP contribution >= 0.6 is 15.9 Å². The van der Waals surface area contributed by atoms with Crippen molar-refractivity contribution in [3.63, 3.8) is 0 Å². The lowest BCUT2D eigenvalue weighted by molar-refractivity contribution is -0.0338. The molecule has 2 rings (SSSR count). The van der Waals surface area contributed by atoms with E-state index in [9.17, 15) is 0 Å². The Labute approximate surface area is 110 Å². The molecule has 0 aromatic heterocycles. The second kappa shape index (κ2) is 4.96. The topological polar surface area (TPSA) is 44.5 Å². The number of rotatable bonds is 3. The first-order chi connectivity index (χ1) is 8.10. The van der Waals surface area contributed by atoms with Crippen LogP contribution in [0.1, 0.15) is 31.4 Å². The van der Waals surface area contributed by atoms with E-state index in [4.69, 9.17) is 15.2 Å². The van der Waals surface area contributed by atoms with E-state index in [0.717, 1.165) is 28.6 Å². The summed E-state index contributed by atoms with van der Waals surface area (Å²) in [6, 6.07) is 6.02. The van der Waals surface area contributed by atoms with Crippen LogP contribution in [0.15, 0.2) is 22.7 Å². The highest BCUT2D eigenvalue weighted by atomic mass is 79.9. The Balaban J connectivity index is 2.36. The molecule has 0 fully saturated rings. The Morgan fingerprint density at radius 2 is 2.35 bits per heavy atom. The zero-order valence-corrected chi connectivity index (χ0v) is 11.8. The number of hydrogen-bond donors (Lipinski definition) is 1. The van der Waals surface area contributed by atoms with Crippen molar-refractivity contribution in [3.8, 4) is 5.75 Å². The summed E-state index contributed by atoms with van der Waals surface area (Å²) in [6.45, 7) is 2.68. The first-order valence-corrected chi connectivity index (χ1v) is 6.62. The molecule has 2 atom stereocenters. The monoisotopic (exact) mass is 299 g/mol. The zero-order valence-electron chi connectivity index (χ0n) is 10.2. The Kier molecular flexibility index (Phi) is 3.76. The van der Waals surface area contributed by atoms with Gasteiger partial charge in [0.05, 0.1) is 6.61 Å². The second-order valence-electron chi connectivity index (χ2n) is 4.56. The second-order valence-corrected chi connectivity index (χ2v) is 5.48. The normalized spacial score (nSPS) is 27.4. The van der Waals surface area contributed by atoms with Crippen LogP contribution in [0.5, 0.6) is 5.75 Å².